The Kier molecular flexibility index (Phi) is 3.88. The Morgan fingerprint density at radius 3 is 2.88 bits per heavy atom. The number of sulfonamides is 1. The first-order chi connectivity index (χ1) is 11.6. The van der Waals surface area contributed by atoms with Crippen molar-refractivity contribution in [1.29, 1.82) is 0 Å². The molecule has 0 radical (unpaired) electrons. The van der Waals surface area contributed by atoms with Gasteiger partial charge in [-0.2, -0.15) is 0 Å². The molecular formula is C17H20N4O2S. The summed E-state index contributed by atoms with van der Waals surface area (Å²) in [5.41, 5.74) is 1.77. The van der Waals surface area contributed by atoms with Crippen LogP contribution >= 0.6 is 0 Å². The van der Waals surface area contributed by atoms with E-state index in [0.717, 1.165) is 22.9 Å². The van der Waals surface area contributed by atoms with Crippen LogP contribution < -0.4 is 9.62 Å². The molecule has 2 fully saturated rings. The highest BCUT2D eigenvalue weighted by Gasteiger charge is 2.28. The molecule has 1 N–H and O–H groups in total. The normalized spacial score (nSPS) is 19.4. The summed E-state index contributed by atoms with van der Waals surface area (Å²) in [6.45, 7) is 1.17. The van der Waals surface area contributed by atoms with Crippen LogP contribution in [0, 0.1) is 0 Å². The number of hydrogen-bond donors (Lipinski definition) is 1. The summed E-state index contributed by atoms with van der Waals surface area (Å²) in [5, 5.41) is 3.30. The zero-order chi connectivity index (χ0) is 16.6. The lowest BCUT2D eigenvalue weighted by molar-refractivity contribution is 0.599. The molecule has 0 unspecified atom stereocenters. The third-order valence-electron chi connectivity index (χ3n) is 4.39. The molecule has 1 aromatic heterocycles. The minimum absolute atomic E-state index is 0.236. The summed E-state index contributed by atoms with van der Waals surface area (Å²) in [5.74, 6) is 2.49. The van der Waals surface area contributed by atoms with E-state index in [0.29, 0.717) is 25.4 Å². The number of anilines is 2. The second-order valence-electron chi connectivity index (χ2n) is 6.34. The van der Waals surface area contributed by atoms with Gasteiger partial charge >= 0.3 is 0 Å². The third-order valence-corrected chi connectivity index (χ3v) is 6.26. The highest BCUT2D eigenvalue weighted by atomic mass is 32.2. The molecule has 126 valence electrons. The average Bonchev–Trinajstić information content (AvgIpc) is 3.37. The lowest BCUT2D eigenvalue weighted by atomic mass is 10.2. The summed E-state index contributed by atoms with van der Waals surface area (Å²) >= 11 is 0. The van der Waals surface area contributed by atoms with E-state index in [-0.39, 0.29) is 5.75 Å². The Bertz CT molecular complexity index is 849. The van der Waals surface area contributed by atoms with E-state index in [1.807, 2.05) is 30.3 Å². The first-order valence-corrected chi connectivity index (χ1v) is 9.89. The maximum atomic E-state index is 12.1. The molecule has 0 bridgehead atoms. The van der Waals surface area contributed by atoms with Gasteiger partial charge in [-0.25, -0.2) is 18.4 Å². The number of benzene rings is 1. The standard InChI is InChI=1S/C17H20N4O2S/c22-24(23)10-2-9-21(24)15-4-1-3-13(11-15)12-19-16-7-8-18-17(20-16)14-5-6-14/h1,3-4,7-8,11,14H,2,5-6,9-10,12H2,(H,18,19,20). The predicted molar refractivity (Wildman–Crippen MR) is 93.5 cm³/mol. The van der Waals surface area contributed by atoms with Crippen LogP contribution in [0.25, 0.3) is 0 Å². The van der Waals surface area contributed by atoms with Crippen molar-refractivity contribution in [2.24, 2.45) is 0 Å². The molecule has 1 saturated heterocycles. The van der Waals surface area contributed by atoms with Crippen LogP contribution in [0.5, 0.6) is 0 Å². The minimum atomic E-state index is -3.14. The summed E-state index contributed by atoms with van der Waals surface area (Å²) in [4.78, 5) is 8.86. The first-order valence-electron chi connectivity index (χ1n) is 8.28. The molecule has 0 spiro atoms. The second-order valence-corrected chi connectivity index (χ2v) is 8.35. The third kappa shape index (κ3) is 3.21. The van der Waals surface area contributed by atoms with Crippen molar-refractivity contribution >= 4 is 21.5 Å². The van der Waals surface area contributed by atoms with Gasteiger partial charge in [0.15, 0.2) is 0 Å². The highest BCUT2D eigenvalue weighted by Crippen LogP contribution is 2.38. The van der Waals surface area contributed by atoms with Crippen molar-refractivity contribution in [1.82, 2.24) is 9.97 Å². The van der Waals surface area contributed by atoms with Gasteiger partial charge < -0.3 is 5.32 Å². The van der Waals surface area contributed by atoms with Crippen molar-refractivity contribution in [2.75, 3.05) is 21.9 Å². The fourth-order valence-electron chi connectivity index (χ4n) is 2.95. The van der Waals surface area contributed by atoms with Crippen molar-refractivity contribution in [2.45, 2.75) is 31.7 Å². The molecule has 2 aliphatic rings. The fraction of sp³-hybridized carbons (Fsp3) is 0.412. The van der Waals surface area contributed by atoms with E-state index >= 15 is 0 Å². The Hall–Kier alpha value is -2.15. The fourth-order valence-corrected chi connectivity index (χ4v) is 4.51. The molecule has 1 aliphatic carbocycles. The predicted octanol–water partition coefficient (Wildman–Crippen LogP) is 2.51. The molecule has 7 heteroatoms. The van der Waals surface area contributed by atoms with Crippen LogP contribution in [0.2, 0.25) is 0 Å². The van der Waals surface area contributed by atoms with E-state index in [1.165, 1.54) is 17.1 Å². The van der Waals surface area contributed by atoms with Gasteiger partial charge in [-0.15, -0.1) is 0 Å². The molecule has 2 heterocycles. The smallest absolute Gasteiger partial charge is 0.235 e. The first kappa shape index (κ1) is 15.4. The maximum Gasteiger partial charge on any atom is 0.235 e. The number of hydrogen-bond acceptors (Lipinski definition) is 5. The highest BCUT2D eigenvalue weighted by molar-refractivity contribution is 7.93. The largest absolute Gasteiger partial charge is 0.366 e. The molecule has 1 saturated carbocycles. The van der Waals surface area contributed by atoms with E-state index in [9.17, 15) is 8.42 Å². The van der Waals surface area contributed by atoms with E-state index in [2.05, 4.69) is 15.3 Å². The van der Waals surface area contributed by atoms with Gasteiger partial charge in [-0.1, -0.05) is 12.1 Å². The molecule has 2 aromatic rings. The zero-order valence-electron chi connectivity index (χ0n) is 13.4. The van der Waals surface area contributed by atoms with Gasteiger partial charge in [0.1, 0.15) is 11.6 Å². The molecule has 4 rings (SSSR count). The van der Waals surface area contributed by atoms with Gasteiger partial charge in [-0.3, -0.25) is 4.31 Å². The van der Waals surface area contributed by atoms with Gasteiger partial charge in [0, 0.05) is 25.2 Å². The molecule has 24 heavy (non-hydrogen) atoms. The summed E-state index contributed by atoms with van der Waals surface area (Å²) in [6.07, 6.45) is 4.83. The maximum absolute atomic E-state index is 12.1. The van der Waals surface area contributed by atoms with Gasteiger partial charge in [0.2, 0.25) is 10.0 Å². The monoisotopic (exact) mass is 344 g/mol. The van der Waals surface area contributed by atoms with E-state index < -0.39 is 10.0 Å². The van der Waals surface area contributed by atoms with Crippen LogP contribution in [0.3, 0.4) is 0 Å². The molecule has 1 aliphatic heterocycles. The van der Waals surface area contributed by atoms with Crippen LogP contribution in [0.15, 0.2) is 36.5 Å². The van der Waals surface area contributed by atoms with Crippen molar-refractivity contribution in [3.63, 3.8) is 0 Å². The second kappa shape index (κ2) is 6.05. The summed E-state index contributed by atoms with van der Waals surface area (Å²) in [6, 6.07) is 9.53. The van der Waals surface area contributed by atoms with E-state index in [1.54, 1.807) is 6.20 Å². The summed E-state index contributed by atoms with van der Waals surface area (Å²) in [7, 11) is -3.14. The number of aromatic nitrogens is 2. The molecular weight excluding hydrogens is 324 g/mol. The van der Waals surface area contributed by atoms with Gasteiger partial charge in [0.25, 0.3) is 0 Å². The Labute approximate surface area is 142 Å². The number of nitrogens with zero attached hydrogens (tertiary/aromatic N) is 3. The van der Waals surface area contributed by atoms with Crippen LogP contribution in [0.1, 0.15) is 36.6 Å². The lowest BCUT2D eigenvalue weighted by Gasteiger charge is -2.17. The van der Waals surface area contributed by atoms with Crippen molar-refractivity contribution in [3.8, 4) is 0 Å². The Balaban J connectivity index is 1.47. The lowest BCUT2D eigenvalue weighted by Crippen LogP contribution is -2.25. The van der Waals surface area contributed by atoms with Crippen LogP contribution in [0.4, 0.5) is 11.5 Å². The molecule has 0 amide bonds. The SMILES string of the molecule is O=S1(=O)CCCN1c1cccc(CNc2ccnc(C3CC3)n2)c1. The molecule has 1 aromatic carbocycles. The minimum Gasteiger partial charge on any atom is -0.366 e. The molecule has 6 nitrogen and oxygen atoms in total. The van der Waals surface area contributed by atoms with Crippen molar-refractivity contribution in [3.05, 3.63) is 47.9 Å². The average molecular weight is 344 g/mol. The number of nitrogens with one attached hydrogen (secondary N) is 1. The Morgan fingerprint density at radius 1 is 1.25 bits per heavy atom. The zero-order valence-corrected chi connectivity index (χ0v) is 14.2. The van der Waals surface area contributed by atoms with Crippen LogP contribution in [-0.2, 0) is 16.6 Å². The van der Waals surface area contributed by atoms with Crippen LogP contribution in [-0.4, -0.2) is 30.7 Å². The Morgan fingerprint density at radius 2 is 2.12 bits per heavy atom. The quantitative estimate of drug-likeness (QED) is 0.902. The van der Waals surface area contributed by atoms with E-state index in [4.69, 9.17) is 0 Å². The van der Waals surface area contributed by atoms with Crippen molar-refractivity contribution < 1.29 is 8.42 Å². The summed E-state index contributed by atoms with van der Waals surface area (Å²) < 4.78 is 25.6. The topological polar surface area (TPSA) is 75.2 Å². The van der Waals surface area contributed by atoms with Gasteiger partial charge in [-0.05, 0) is 43.0 Å². The number of rotatable bonds is 5. The molecule has 0 atom stereocenters. The van der Waals surface area contributed by atoms with Gasteiger partial charge in [0.05, 0.1) is 11.4 Å².